The predicted molar refractivity (Wildman–Crippen MR) is 243 cm³/mol. The summed E-state index contributed by atoms with van der Waals surface area (Å²) in [6, 6.07) is 64.2. The summed E-state index contributed by atoms with van der Waals surface area (Å²) >= 11 is 1.90. The maximum Gasteiger partial charge on any atom is 0.0547 e. The smallest absolute Gasteiger partial charge is 0.0547 e. The van der Waals surface area contributed by atoms with E-state index >= 15 is 0 Å². The summed E-state index contributed by atoms with van der Waals surface area (Å²) in [7, 11) is 0. The summed E-state index contributed by atoms with van der Waals surface area (Å²) in [6.07, 6.45) is 6.28. The molecule has 11 aromatic rings. The Labute approximate surface area is 334 Å². The van der Waals surface area contributed by atoms with Gasteiger partial charge < -0.3 is 9.13 Å². The molecule has 2 nitrogen and oxygen atoms in total. The number of hydrogen-bond donors (Lipinski definition) is 0. The first kappa shape index (κ1) is 31.7. The molecule has 3 aromatic heterocycles. The lowest BCUT2D eigenvalue weighted by molar-refractivity contribution is 0.353. The van der Waals surface area contributed by atoms with Crippen LogP contribution in [0.25, 0.3) is 97.4 Å². The van der Waals surface area contributed by atoms with Gasteiger partial charge in [0.15, 0.2) is 0 Å². The molecule has 0 radical (unpaired) electrons. The van der Waals surface area contributed by atoms with Crippen molar-refractivity contribution >= 4 is 75.1 Å². The van der Waals surface area contributed by atoms with Crippen LogP contribution in [-0.2, 0) is 5.41 Å². The van der Waals surface area contributed by atoms with E-state index in [1.807, 2.05) is 11.3 Å². The normalized spacial score (nSPS) is 14.8. The van der Waals surface area contributed by atoms with Gasteiger partial charge in [-0.3, -0.25) is 0 Å². The molecule has 2 aliphatic rings. The SMILES string of the molecule is c1ccc(-n2c3ccccc3c3c(-c4ccc5c(c4)-c4cc6c(cc4C54CCCCC4)c4ccccc4n6-c4ccc5c(c4)sc4ccccc45)cccc32)cc1. The minimum absolute atomic E-state index is 0.0458. The molecule has 0 N–H and O–H groups in total. The van der Waals surface area contributed by atoms with E-state index in [0.29, 0.717) is 0 Å². The van der Waals surface area contributed by atoms with Crippen LogP contribution < -0.4 is 0 Å². The van der Waals surface area contributed by atoms with Crippen molar-refractivity contribution in [3.05, 3.63) is 181 Å². The molecule has 0 saturated heterocycles. The van der Waals surface area contributed by atoms with E-state index in [1.54, 1.807) is 0 Å². The van der Waals surface area contributed by atoms with E-state index in [-0.39, 0.29) is 5.41 Å². The van der Waals surface area contributed by atoms with Crippen molar-refractivity contribution in [1.82, 2.24) is 9.13 Å². The molecule has 1 fully saturated rings. The first-order valence-corrected chi connectivity index (χ1v) is 21.3. The molecule has 3 heteroatoms. The van der Waals surface area contributed by atoms with Gasteiger partial charge in [0.05, 0.1) is 22.1 Å². The van der Waals surface area contributed by atoms with Crippen molar-refractivity contribution in [2.45, 2.75) is 37.5 Å². The molecule has 270 valence electrons. The number of aromatic nitrogens is 2. The first-order chi connectivity index (χ1) is 28.2. The number of rotatable bonds is 3. The molecule has 1 saturated carbocycles. The molecule has 8 aromatic carbocycles. The van der Waals surface area contributed by atoms with E-state index in [4.69, 9.17) is 0 Å². The highest BCUT2D eigenvalue weighted by Crippen LogP contribution is 2.58. The van der Waals surface area contributed by atoms with Crippen LogP contribution in [0.1, 0.15) is 43.2 Å². The zero-order valence-electron chi connectivity index (χ0n) is 31.5. The standard InChI is InChI=1S/C54H38N2S/c1-3-14-35(15-4-1)55-48-21-9-6-18-41(48)53-37(19-13-22-49(53)55)34-24-27-45-42(30-34)43-33-50-44(32-46(43)54(45)28-11-2-12-29-54)38-16-5-8-20-47(38)56(50)36-25-26-40-39-17-7-10-23-51(39)57-52(40)31-36/h1,3-10,13-27,30-33H,2,11-12,28-29H2. The second kappa shape index (κ2) is 11.8. The van der Waals surface area contributed by atoms with E-state index in [2.05, 4.69) is 179 Å². The third kappa shape index (κ3) is 4.35. The Bertz CT molecular complexity index is 3440. The fourth-order valence-corrected chi connectivity index (χ4v) is 12.2. The van der Waals surface area contributed by atoms with Crippen molar-refractivity contribution in [3.63, 3.8) is 0 Å². The van der Waals surface area contributed by atoms with Crippen LogP contribution in [0, 0.1) is 0 Å². The maximum atomic E-state index is 2.61. The van der Waals surface area contributed by atoms with Gasteiger partial charge in [0.2, 0.25) is 0 Å². The molecule has 57 heavy (non-hydrogen) atoms. The Kier molecular flexibility index (Phi) is 6.57. The molecule has 2 aliphatic carbocycles. The summed E-state index contributed by atoms with van der Waals surface area (Å²) in [4.78, 5) is 0. The number of hydrogen-bond acceptors (Lipinski definition) is 1. The monoisotopic (exact) mass is 746 g/mol. The first-order valence-electron chi connectivity index (χ1n) is 20.5. The molecule has 0 amide bonds. The highest BCUT2D eigenvalue weighted by Gasteiger charge is 2.44. The predicted octanol–water partition coefficient (Wildman–Crippen LogP) is 15.1. The average Bonchev–Trinajstić information content (AvgIpc) is 3.99. The van der Waals surface area contributed by atoms with Crippen LogP contribution in [-0.4, -0.2) is 9.13 Å². The zero-order valence-corrected chi connectivity index (χ0v) is 32.3. The van der Waals surface area contributed by atoms with Gasteiger partial charge in [-0.1, -0.05) is 122 Å². The number of para-hydroxylation sites is 3. The largest absolute Gasteiger partial charge is 0.309 e. The highest BCUT2D eigenvalue weighted by molar-refractivity contribution is 7.25. The average molecular weight is 747 g/mol. The lowest BCUT2D eigenvalue weighted by atomic mass is 9.67. The minimum atomic E-state index is 0.0458. The van der Waals surface area contributed by atoms with Crippen molar-refractivity contribution in [3.8, 4) is 33.6 Å². The highest BCUT2D eigenvalue weighted by atomic mass is 32.1. The summed E-state index contributed by atoms with van der Waals surface area (Å²) in [5.41, 5.74) is 15.9. The number of thiophene rings is 1. The van der Waals surface area contributed by atoms with Crippen LogP contribution in [0.5, 0.6) is 0 Å². The van der Waals surface area contributed by atoms with E-state index in [0.717, 1.165) is 0 Å². The number of fused-ring (bicyclic) bond motifs is 14. The molecule has 0 unspecified atom stereocenters. The summed E-state index contributed by atoms with van der Waals surface area (Å²) in [5.74, 6) is 0. The molecular weight excluding hydrogens is 709 g/mol. The topological polar surface area (TPSA) is 9.86 Å². The maximum absolute atomic E-state index is 2.61. The van der Waals surface area contributed by atoms with E-state index in [9.17, 15) is 0 Å². The van der Waals surface area contributed by atoms with Crippen molar-refractivity contribution in [2.75, 3.05) is 0 Å². The Balaban J connectivity index is 1.07. The molecule has 0 bridgehead atoms. The third-order valence-electron chi connectivity index (χ3n) is 13.5. The van der Waals surface area contributed by atoms with Crippen LogP contribution in [0.15, 0.2) is 170 Å². The Morgan fingerprint density at radius 1 is 0.386 bits per heavy atom. The lowest BCUT2D eigenvalue weighted by Gasteiger charge is -2.36. The van der Waals surface area contributed by atoms with E-state index < -0.39 is 0 Å². The van der Waals surface area contributed by atoms with Gasteiger partial charge in [-0.25, -0.2) is 0 Å². The van der Waals surface area contributed by atoms with Crippen LogP contribution >= 0.6 is 11.3 Å². The molecule has 0 aliphatic heterocycles. The lowest BCUT2D eigenvalue weighted by Crippen LogP contribution is -2.28. The van der Waals surface area contributed by atoms with Gasteiger partial charge in [-0.05, 0) is 113 Å². The van der Waals surface area contributed by atoms with Crippen molar-refractivity contribution in [1.29, 1.82) is 0 Å². The van der Waals surface area contributed by atoms with Gasteiger partial charge in [0.25, 0.3) is 0 Å². The molecule has 13 rings (SSSR count). The van der Waals surface area contributed by atoms with Gasteiger partial charge in [-0.15, -0.1) is 11.3 Å². The zero-order chi connectivity index (χ0) is 37.2. The van der Waals surface area contributed by atoms with Gasteiger partial charge in [0.1, 0.15) is 0 Å². The van der Waals surface area contributed by atoms with Crippen molar-refractivity contribution in [2.24, 2.45) is 0 Å². The van der Waals surface area contributed by atoms with Gasteiger partial charge in [0, 0.05) is 58.5 Å². The summed E-state index contributed by atoms with van der Waals surface area (Å²) < 4.78 is 7.64. The fourth-order valence-electron chi connectivity index (χ4n) is 11.1. The van der Waals surface area contributed by atoms with Crippen LogP contribution in [0.3, 0.4) is 0 Å². The Morgan fingerprint density at radius 2 is 1.07 bits per heavy atom. The molecule has 3 heterocycles. The molecule has 1 spiro atoms. The van der Waals surface area contributed by atoms with Crippen LogP contribution in [0.2, 0.25) is 0 Å². The van der Waals surface area contributed by atoms with E-state index in [1.165, 1.54) is 141 Å². The Morgan fingerprint density at radius 3 is 1.93 bits per heavy atom. The quantitative estimate of drug-likeness (QED) is 0.170. The molecular formula is C54H38N2S. The fraction of sp³-hybridized carbons (Fsp3) is 0.111. The Hall–Kier alpha value is -6.42. The number of benzene rings is 8. The second-order valence-electron chi connectivity index (χ2n) is 16.3. The van der Waals surface area contributed by atoms with Crippen molar-refractivity contribution < 1.29 is 0 Å². The van der Waals surface area contributed by atoms with Gasteiger partial charge >= 0.3 is 0 Å². The summed E-state index contributed by atoms with van der Waals surface area (Å²) in [5, 5.41) is 7.97. The summed E-state index contributed by atoms with van der Waals surface area (Å²) in [6.45, 7) is 0. The van der Waals surface area contributed by atoms with Gasteiger partial charge in [-0.2, -0.15) is 0 Å². The second-order valence-corrected chi connectivity index (χ2v) is 17.4. The number of nitrogens with zero attached hydrogens (tertiary/aromatic N) is 2. The third-order valence-corrected chi connectivity index (χ3v) is 14.6. The van der Waals surface area contributed by atoms with Crippen LogP contribution in [0.4, 0.5) is 0 Å². The molecule has 0 atom stereocenters. The minimum Gasteiger partial charge on any atom is -0.309 e.